The molecule has 0 spiro atoms. The molecule has 1 aromatic rings. The number of carbonyl (C=O) groups excluding carboxylic acids is 2. The van der Waals surface area contributed by atoms with Crippen molar-refractivity contribution in [1.29, 1.82) is 0 Å². The lowest BCUT2D eigenvalue weighted by Gasteiger charge is -2.43. The number of amides is 2. The third-order valence-electron chi connectivity index (χ3n) is 6.34. The summed E-state index contributed by atoms with van der Waals surface area (Å²) >= 11 is 0. The highest BCUT2D eigenvalue weighted by molar-refractivity contribution is 6.21. The van der Waals surface area contributed by atoms with Gasteiger partial charge in [-0.2, -0.15) is 0 Å². The minimum absolute atomic E-state index is 0.137. The lowest BCUT2D eigenvalue weighted by atomic mass is 9.69. The van der Waals surface area contributed by atoms with Gasteiger partial charge in [0.1, 0.15) is 0 Å². The van der Waals surface area contributed by atoms with Crippen molar-refractivity contribution in [2.24, 2.45) is 17.3 Å². The first-order chi connectivity index (χ1) is 12.8. The monoisotopic (exact) mass is 371 g/mol. The molecule has 4 nitrogen and oxygen atoms in total. The second-order valence-corrected chi connectivity index (χ2v) is 9.10. The summed E-state index contributed by atoms with van der Waals surface area (Å²) in [5.74, 6) is 0.869. The minimum atomic E-state index is -0.137. The average Bonchev–Trinajstić information content (AvgIpc) is 2.90. The first kappa shape index (κ1) is 20.1. The van der Waals surface area contributed by atoms with Gasteiger partial charge >= 0.3 is 0 Å². The fourth-order valence-corrected chi connectivity index (χ4v) is 4.41. The zero-order valence-corrected chi connectivity index (χ0v) is 17.2. The smallest absolute Gasteiger partial charge is 0.261 e. The molecule has 148 valence electrons. The van der Waals surface area contributed by atoms with E-state index in [1.165, 1.54) is 11.3 Å². The van der Waals surface area contributed by atoms with Gasteiger partial charge in [-0.1, -0.05) is 46.2 Å². The summed E-state index contributed by atoms with van der Waals surface area (Å²) in [6, 6.07) is 7.16. The molecule has 4 heteroatoms. The van der Waals surface area contributed by atoms with Gasteiger partial charge in [0.25, 0.3) is 11.8 Å². The Morgan fingerprint density at radius 1 is 1.07 bits per heavy atom. The summed E-state index contributed by atoms with van der Waals surface area (Å²) in [4.78, 5) is 26.9. The van der Waals surface area contributed by atoms with E-state index in [1.807, 2.05) is 12.1 Å². The quantitative estimate of drug-likeness (QED) is 0.639. The number of benzene rings is 1. The van der Waals surface area contributed by atoms with E-state index in [2.05, 4.69) is 27.7 Å². The predicted octanol–water partition coefficient (Wildman–Crippen LogP) is 4.93. The fourth-order valence-electron chi connectivity index (χ4n) is 4.41. The third-order valence-corrected chi connectivity index (χ3v) is 6.34. The Morgan fingerprint density at radius 2 is 1.70 bits per heavy atom. The second kappa shape index (κ2) is 8.14. The number of nitrogens with zero attached hydrogens (tertiary/aromatic N) is 1. The van der Waals surface area contributed by atoms with Crippen LogP contribution in [-0.2, 0) is 4.74 Å². The largest absolute Gasteiger partial charge is 0.378 e. The van der Waals surface area contributed by atoms with Gasteiger partial charge in [0, 0.05) is 13.2 Å². The van der Waals surface area contributed by atoms with Crippen LogP contribution in [-0.4, -0.2) is 36.0 Å². The molecular weight excluding hydrogens is 338 g/mol. The van der Waals surface area contributed by atoms with Crippen LogP contribution in [0.3, 0.4) is 0 Å². The maximum Gasteiger partial charge on any atom is 0.261 e. The van der Waals surface area contributed by atoms with E-state index in [0.29, 0.717) is 29.5 Å². The summed E-state index contributed by atoms with van der Waals surface area (Å²) in [6.07, 6.45) is 5.51. The molecule has 1 aromatic carbocycles. The number of carbonyl (C=O) groups is 2. The summed E-state index contributed by atoms with van der Waals surface area (Å²) < 4.78 is 6.02. The Hall–Kier alpha value is -1.68. The molecule has 2 atom stereocenters. The lowest BCUT2D eigenvalue weighted by Crippen LogP contribution is -2.41. The standard InChI is InChI=1S/C23H33NO3/c1-16(2)9-10-23(12-14-27-20(15-23)17(3)4)11-13-24-21(25)18-7-5-6-8-19(18)22(24)26/h5-8,16-17,20H,9-15H2,1-4H3/t20-,23-/m1/s1. The molecule has 1 saturated heterocycles. The molecule has 2 heterocycles. The normalized spacial score (nSPS) is 25.6. The highest BCUT2D eigenvalue weighted by Crippen LogP contribution is 2.44. The van der Waals surface area contributed by atoms with E-state index >= 15 is 0 Å². The van der Waals surface area contributed by atoms with Gasteiger partial charge in [-0.25, -0.2) is 0 Å². The van der Waals surface area contributed by atoms with Crippen molar-refractivity contribution in [2.75, 3.05) is 13.2 Å². The molecule has 2 amide bonds. The molecule has 0 N–H and O–H groups in total. The number of rotatable bonds is 7. The molecule has 2 aliphatic heterocycles. The van der Waals surface area contributed by atoms with Gasteiger partial charge in [-0.05, 0) is 55.1 Å². The van der Waals surface area contributed by atoms with E-state index in [1.54, 1.807) is 12.1 Å². The van der Waals surface area contributed by atoms with Gasteiger partial charge in [-0.15, -0.1) is 0 Å². The first-order valence-corrected chi connectivity index (χ1v) is 10.4. The van der Waals surface area contributed by atoms with Crippen LogP contribution in [0.25, 0.3) is 0 Å². The third kappa shape index (κ3) is 4.26. The van der Waals surface area contributed by atoms with Gasteiger partial charge in [-0.3, -0.25) is 14.5 Å². The molecule has 0 radical (unpaired) electrons. The highest BCUT2D eigenvalue weighted by Gasteiger charge is 2.41. The Kier molecular flexibility index (Phi) is 6.05. The summed E-state index contributed by atoms with van der Waals surface area (Å²) in [6.45, 7) is 10.2. The summed E-state index contributed by atoms with van der Waals surface area (Å²) in [7, 11) is 0. The second-order valence-electron chi connectivity index (χ2n) is 9.10. The van der Waals surface area contributed by atoms with E-state index in [4.69, 9.17) is 4.74 Å². The van der Waals surface area contributed by atoms with Gasteiger partial charge in [0.2, 0.25) is 0 Å². The van der Waals surface area contributed by atoms with Crippen molar-refractivity contribution in [2.45, 2.75) is 65.9 Å². The SMILES string of the molecule is CC(C)CC[C@@]1(CCN2C(=O)c3ccccc3C2=O)CCO[C@@H](C(C)C)C1. The molecule has 1 fully saturated rings. The van der Waals surface area contributed by atoms with Gasteiger partial charge < -0.3 is 4.74 Å². The number of imide groups is 1. The molecule has 3 rings (SSSR count). The van der Waals surface area contributed by atoms with Crippen LogP contribution >= 0.6 is 0 Å². The first-order valence-electron chi connectivity index (χ1n) is 10.4. The van der Waals surface area contributed by atoms with Crippen molar-refractivity contribution in [1.82, 2.24) is 4.90 Å². The van der Waals surface area contributed by atoms with Crippen LogP contribution in [0, 0.1) is 17.3 Å². The van der Waals surface area contributed by atoms with Crippen LogP contribution in [0.5, 0.6) is 0 Å². The average molecular weight is 372 g/mol. The van der Waals surface area contributed by atoms with Crippen molar-refractivity contribution >= 4 is 11.8 Å². The summed E-state index contributed by atoms with van der Waals surface area (Å²) in [5, 5.41) is 0. The zero-order chi connectivity index (χ0) is 19.6. The van der Waals surface area contributed by atoms with Gasteiger partial charge in [0.15, 0.2) is 0 Å². The molecular formula is C23H33NO3. The number of fused-ring (bicyclic) bond motifs is 1. The molecule has 0 unspecified atom stereocenters. The fraction of sp³-hybridized carbons (Fsp3) is 0.652. The number of hydrogen-bond acceptors (Lipinski definition) is 3. The number of ether oxygens (including phenoxy) is 1. The Morgan fingerprint density at radius 3 is 2.26 bits per heavy atom. The number of hydrogen-bond donors (Lipinski definition) is 0. The Labute approximate surface area is 163 Å². The predicted molar refractivity (Wildman–Crippen MR) is 107 cm³/mol. The van der Waals surface area contributed by atoms with Crippen molar-refractivity contribution < 1.29 is 14.3 Å². The van der Waals surface area contributed by atoms with Crippen molar-refractivity contribution in [3.05, 3.63) is 35.4 Å². The van der Waals surface area contributed by atoms with Gasteiger partial charge in [0.05, 0.1) is 17.2 Å². The topological polar surface area (TPSA) is 46.6 Å². The lowest BCUT2D eigenvalue weighted by molar-refractivity contribution is -0.0773. The van der Waals surface area contributed by atoms with Crippen LogP contribution < -0.4 is 0 Å². The van der Waals surface area contributed by atoms with Crippen molar-refractivity contribution in [3.63, 3.8) is 0 Å². The molecule has 0 bridgehead atoms. The molecule has 0 aromatic heterocycles. The van der Waals surface area contributed by atoms with E-state index in [0.717, 1.165) is 32.3 Å². The highest BCUT2D eigenvalue weighted by atomic mass is 16.5. The van der Waals surface area contributed by atoms with Crippen LogP contribution in [0.15, 0.2) is 24.3 Å². The minimum Gasteiger partial charge on any atom is -0.378 e. The Bertz CT molecular complexity index is 662. The van der Waals surface area contributed by atoms with Crippen LogP contribution in [0.2, 0.25) is 0 Å². The van der Waals surface area contributed by atoms with Crippen LogP contribution in [0.1, 0.15) is 80.5 Å². The zero-order valence-electron chi connectivity index (χ0n) is 17.2. The molecule has 0 aliphatic carbocycles. The molecule has 0 saturated carbocycles. The maximum atomic E-state index is 12.7. The maximum absolute atomic E-state index is 12.7. The summed E-state index contributed by atoms with van der Waals surface area (Å²) in [5.41, 5.74) is 1.25. The molecule has 27 heavy (non-hydrogen) atoms. The van der Waals surface area contributed by atoms with Crippen molar-refractivity contribution in [3.8, 4) is 0 Å². The van der Waals surface area contributed by atoms with E-state index < -0.39 is 0 Å². The Balaban J connectivity index is 1.73. The van der Waals surface area contributed by atoms with Crippen LogP contribution in [0.4, 0.5) is 0 Å². The van der Waals surface area contributed by atoms with E-state index in [-0.39, 0.29) is 23.3 Å². The van der Waals surface area contributed by atoms with E-state index in [9.17, 15) is 9.59 Å². The molecule has 2 aliphatic rings.